The van der Waals surface area contributed by atoms with Crippen molar-refractivity contribution in [2.24, 2.45) is 0 Å². The molecule has 0 N–H and O–H groups in total. The van der Waals surface area contributed by atoms with Gasteiger partial charge in [-0.2, -0.15) is 5.10 Å². The number of benzene rings is 2. The van der Waals surface area contributed by atoms with Gasteiger partial charge in [-0.25, -0.2) is 23.1 Å². The van der Waals surface area contributed by atoms with Crippen LogP contribution in [0.1, 0.15) is 20.8 Å². The third-order valence-electron chi connectivity index (χ3n) is 3.94. The number of methoxy groups -OCH3 is 2. The molecule has 2 aromatic carbocycles. The maximum atomic E-state index is 14.5. The number of esters is 2. The van der Waals surface area contributed by atoms with Gasteiger partial charge in [-0.3, -0.25) is 0 Å². The first kappa shape index (κ1) is 19.5. The van der Waals surface area contributed by atoms with Crippen LogP contribution in [0, 0.1) is 11.6 Å². The van der Waals surface area contributed by atoms with Gasteiger partial charge in [0.2, 0.25) is 0 Å². The molecule has 3 aromatic rings. The highest BCUT2D eigenvalue weighted by atomic mass is 35.5. The fourth-order valence-corrected chi connectivity index (χ4v) is 2.91. The van der Waals surface area contributed by atoms with Crippen molar-refractivity contribution >= 4 is 23.5 Å². The van der Waals surface area contributed by atoms with E-state index in [4.69, 9.17) is 21.1 Å². The first-order valence-electron chi connectivity index (χ1n) is 7.89. The lowest BCUT2D eigenvalue weighted by atomic mass is 10.0. The number of rotatable bonds is 4. The molecule has 0 unspecified atom stereocenters. The van der Waals surface area contributed by atoms with Crippen molar-refractivity contribution < 1.29 is 27.8 Å². The topological polar surface area (TPSA) is 70.4 Å². The lowest BCUT2D eigenvalue weighted by Gasteiger charge is -2.07. The van der Waals surface area contributed by atoms with E-state index < -0.39 is 34.7 Å². The molecule has 144 valence electrons. The van der Waals surface area contributed by atoms with Crippen molar-refractivity contribution in [3.05, 3.63) is 70.4 Å². The predicted molar refractivity (Wildman–Crippen MR) is 96.6 cm³/mol. The van der Waals surface area contributed by atoms with Crippen LogP contribution < -0.4 is 0 Å². The second-order valence-corrected chi connectivity index (χ2v) is 5.93. The van der Waals surface area contributed by atoms with Crippen molar-refractivity contribution in [2.75, 3.05) is 14.2 Å². The van der Waals surface area contributed by atoms with Gasteiger partial charge >= 0.3 is 11.9 Å². The van der Waals surface area contributed by atoms with Gasteiger partial charge in [0.25, 0.3) is 0 Å². The lowest BCUT2D eigenvalue weighted by Crippen LogP contribution is -2.15. The first-order chi connectivity index (χ1) is 13.4. The van der Waals surface area contributed by atoms with Crippen molar-refractivity contribution in [3.8, 4) is 16.9 Å². The Kier molecular flexibility index (Phi) is 5.41. The molecule has 0 aliphatic rings. The van der Waals surface area contributed by atoms with E-state index in [1.54, 1.807) is 30.3 Å². The molecule has 6 nitrogen and oxygen atoms in total. The summed E-state index contributed by atoms with van der Waals surface area (Å²) >= 11 is 6.05. The Morgan fingerprint density at radius 2 is 1.64 bits per heavy atom. The monoisotopic (exact) mass is 406 g/mol. The van der Waals surface area contributed by atoms with E-state index in [1.807, 2.05) is 0 Å². The molecule has 9 heteroatoms. The van der Waals surface area contributed by atoms with E-state index in [0.717, 1.165) is 31.0 Å². The number of carbonyl (C=O) groups excluding carboxylic acids is 2. The average Bonchev–Trinajstić information content (AvgIpc) is 3.10. The zero-order chi connectivity index (χ0) is 20.4. The zero-order valence-corrected chi connectivity index (χ0v) is 15.5. The Balaban J connectivity index is 2.45. The van der Waals surface area contributed by atoms with Crippen LogP contribution >= 0.6 is 11.6 Å². The van der Waals surface area contributed by atoms with Gasteiger partial charge in [0.15, 0.2) is 17.3 Å². The zero-order valence-electron chi connectivity index (χ0n) is 14.7. The van der Waals surface area contributed by atoms with Gasteiger partial charge in [0.1, 0.15) is 11.3 Å². The summed E-state index contributed by atoms with van der Waals surface area (Å²) in [6, 6.07) is 10.2. The summed E-state index contributed by atoms with van der Waals surface area (Å²) in [4.78, 5) is 24.9. The number of ether oxygens (including phenoxy) is 2. The summed E-state index contributed by atoms with van der Waals surface area (Å²) < 4.78 is 39.0. The highest BCUT2D eigenvalue weighted by Gasteiger charge is 2.33. The minimum absolute atomic E-state index is 0.196. The molecule has 0 saturated carbocycles. The summed E-state index contributed by atoms with van der Waals surface area (Å²) in [5, 5.41) is 3.98. The van der Waals surface area contributed by atoms with E-state index in [-0.39, 0.29) is 16.4 Å². The normalized spacial score (nSPS) is 10.6. The predicted octanol–water partition coefficient (Wildman–Crippen LogP) is 4.04. The van der Waals surface area contributed by atoms with Crippen molar-refractivity contribution in [3.63, 3.8) is 0 Å². The van der Waals surface area contributed by atoms with Gasteiger partial charge < -0.3 is 9.47 Å². The molecule has 0 spiro atoms. The van der Waals surface area contributed by atoms with Crippen LogP contribution in [0.3, 0.4) is 0 Å². The van der Waals surface area contributed by atoms with Gasteiger partial charge in [0.05, 0.1) is 30.5 Å². The number of carbonyl (C=O) groups is 2. The molecular formula is C19H13ClF2N2O4. The molecule has 0 amide bonds. The van der Waals surface area contributed by atoms with E-state index in [9.17, 15) is 18.4 Å². The Bertz CT molecular complexity index is 1070. The largest absolute Gasteiger partial charge is 0.465 e. The van der Waals surface area contributed by atoms with Crippen LogP contribution in [0.15, 0.2) is 42.5 Å². The molecule has 0 atom stereocenters. The van der Waals surface area contributed by atoms with Crippen LogP contribution in [0.25, 0.3) is 16.9 Å². The van der Waals surface area contributed by atoms with Gasteiger partial charge in [-0.15, -0.1) is 0 Å². The number of aromatic nitrogens is 2. The molecule has 1 aromatic heterocycles. The molecular weight excluding hydrogens is 394 g/mol. The van der Waals surface area contributed by atoms with Crippen LogP contribution in [0.2, 0.25) is 5.02 Å². The Hall–Kier alpha value is -3.26. The molecule has 0 saturated heterocycles. The van der Waals surface area contributed by atoms with Crippen LogP contribution in [-0.2, 0) is 9.47 Å². The van der Waals surface area contributed by atoms with Gasteiger partial charge in [-0.1, -0.05) is 29.8 Å². The van der Waals surface area contributed by atoms with E-state index >= 15 is 0 Å². The first-order valence-corrected chi connectivity index (χ1v) is 8.27. The van der Waals surface area contributed by atoms with Crippen molar-refractivity contribution in [2.45, 2.75) is 0 Å². The summed E-state index contributed by atoms with van der Waals surface area (Å²) in [6.45, 7) is 0. The maximum Gasteiger partial charge on any atom is 0.357 e. The number of hydrogen-bond donors (Lipinski definition) is 0. The molecule has 0 radical (unpaired) electrons. The summed E-state index contributed by atoms with van der Waals surface area (Å²) in [7, 11) is 2.19. The van der Waals surface area contributed by atoms with Crippen LogP contribution in [-0.4, -0.2) is 35.9 Å². The highest BCUT2D eigenvalue weighted by Crippen LogP contribution is 2.36. The van der Waals surface area contributed by atoms with Crippen LogP contribution in [0.4, 0.5) is 8.78 Å². The van der Waals surface area contributed by atoms with Gasteiger partial charge in [0, 0.05) is 0 Å². The second kappa shape index (κ2) is 7.77. The molecule has 28 heavy (non-hydrogen) atoms. The fraction of sp³-hybridized carbons (Fsp3) is 0.105. The summed E-state index contributed by atoms with van der Waals surface area (Å²) in [6.07, 6.45) is 0. The Morgan fingerprint density at radius 3 is 2.25 bits per heavy atom. The number of hydrogen-bond acceptors (Lipinski definition) is 5. The number of para-hydroxylation sites is 1. The minimum atomic E-state index is -1.31. The molecule has 0 bridgehead atoms. The van der Waals surface area contributed by atoms with Gasteiger partial charge in [-0.05, 0) is 24.3 Å². The smallest absolute Gasteiger partial charge is 0.357 e. The fourth-order valence-electron chi connectivity index (χ4n) is 2.67. The lowest BCUT2D eigenvalue weighted by molar-refractivity contribution is 0.0549. The van der Waals surface area contributed by atoms with E-state index in [0.29, 0.717) is 5.69 Å². The maximum absolute atomic E-state index is 14.5. The van der Waals surface area contributed by atoms with Crippen LogP contribution in [0.5, 0.6) is 0 Å². The summed E-state index contributed by atoms with van der Waals surface area (Å²) in [5.74, 6) is -4.41. The quantitative estimate of drug-likeness (QED) is 0.483. The number of halogens is 3. The highest BCUT2D eigenvalue weighted by molar-refractivity contribution is 6.33. The molecule has 3 rings (SSSR count). The third kappa shape index (κ3) is 3.22. The second-order valence-electron chi connectivity index (χ2n) is 5.52. The van der Waals surface area contributed by atoms with E-state index in [2.05, 4.69) is 5.10 Å². The summed E-state index contributed by atoms with van der Waals surface area (Å²) in [5.41, 5.74) is -1.15. The molecule has 1 heterocycles. The SMILES string of the molecule is COC(=O)c1c(-c2c(Cl)ccc(F)c2F)nn(-c2ccccc2)c1C(=O)OC. The Morgan fingerprint density at radius 1 is 1.00 bits per heavy atom. The molecule has 0 aliphatic heterocycles. The van der Waals surface area contributed by atoms with E-state index in [1.165, 1.54) is 0 Å². The average molecular weight is 407 g/mol. The van der Waals surface area contributed by atoms with Crippen molar-refractivity contribution in [1.82, 2.24) is 9.78 Å². The third-order valence-corrected chi connectivity index (χ3v) is 4.25. The van der Waals surface area contributed by atoms with Crippen molar-refractivity contribution in [1.29, 1.82) is 0 Å². The number of nitrogens with zero attached hydrogens (tertiary/aromatic N) is 2. The molecule has 0 fully saturated rings. The molecule has 0 aliphatic carbocycles. The minimum Gasteiger partial charge on any atom is -0.465 e. The standard InChI is InChI=1S/C19H13ClF2N2O4/c1-27-18(25)14-16(13-11(20)8-9-12(21)15(13)22)23-24(17(14)19(26)28-2)10-6-4-3-5-7-10/h3-9H,1-2H3. The Labute approximate surface area is 163 Å².